The molecule has 0 fully saturated rings. The number of hydrogen-bond donors (Lipinski definition) is 0. The highest BCUT2D eigenvalue weighted by atomic mass is 79.9. The highest BCUT2D eigenvalue weighted by Gasteiger charge is 2.13. The Balaban J connectivity index is 1.89. The molecule has 0 unspecified atom stereocenters. The molecule has 0 amide bonds. The molecule has 2 aromatic heterocycles. The highest BCUT2D eigenvalue weighted by Crippen LogP contribution is 2.32. The van der Waals surface area contributed by atoms with Crippen LogP contribution in [-0.2, 0) is 6.42 Å². The first-order valence-electron chi connectivity index (χ1n) is 6.96. The molecule has 0 aliphatic heterocycles. The minimum atomic E-state index is 0.479. The van der Waals surface area contributed by atoms with E-state index in [9.17, 15) is 0 Å². The Hall–Kier alpha value is -2.21. The van der Waals surface area contributed by atoms with Crippen molar-refractivity contribution in [3.63, 3.8) is 0 Å². The fourth-order valence-electron chi connectivity index (χ4n) is 1.95. The average Bonchev–Trinajstić information content (AvgIpc) is 2.99. The highest BCUT2D eigenvalue weighted by molar-refractivity contribution is 9.10. The van der Waals surface area contributed by atoms with Crippen LogP contribution in [0.1, 0.15) is 19.2 Å². The SMILES string of the molecule is CCCc1nnc(-c2cc(Oc3cccnc3)ccc2Br)o1. The quantitative estimate of drug-likeness (QED) is 0.663. The van der Waals surface area contributed by atoms with Crippen molar-refractivity contribution < 1.29 is 9.15 Å². The molecule has 0 aliphatic carbocycles. The topological polar surface area (TPSA) is 61.0 Å². The minimum Gasteiger partial charge on any atom is -0.456 e. The average molecular weight is 360 g/mol. The number of ether oxygens (including phenoxy) is 1. The molecule has 0 bridgehead atoms. The summed E-state index contributed by atoms with van der Waals surface area (Å²) in [5.74, 6) is 2.48. The predicted octanol–water partition coefficient (Wildman–Crippen LogP) is 4.64. The zero-order chi connectivity index (χ0) is 15.4. The van der Waals surface area contributed by atoms with E-state index in [-0.39, 0.29) is 0 Å². The van der Waals surface area contributed by atoms with Crippen LogP contribution in [0.25, 0.3) is 11.5 Å². The first-order chi connectivity index (χ1) is 10.8. The molecule has 0 aliphatic rings. The third-order valence-corrected chi connectivity index (χ3v) is 3.66. The molecular formula is C16H14BrN3O2. The third-order valence-electron chi connectivity index (χ3n) is 2.97. The van der Waals surface area contributed by atoms with Crippen molar-refractivity contribution in [1.29, 1.82) is 0 Å². The molecule has 112 valence electrons. The van der Waals surface area contributed by atoms with Crippen molar-refractivity contribution in [3.8, 4) is 23.0 Å². The van der Waals surface area contributed by atoms with Gasteiger partial charge in [0.05, 0.1) is 11.8 Å². The molecule has 2 heterocycles. The summed E-state index contributed by atoms with van der Waals surface area (Å²) in [6.07, 6.45) is 5.10. The lowest BCUT2D eigenvalue weighted by Gasteiger charge is -2.07. The first kappa shape index (κ1) is 14.7. The Bertz CT molecular complexity index is 759. The lowest BCUT2D eigenvalue weighted by Crippen LogP contribution is -1.87. The summed E-state index contributed by atoms with van der Waals surface area (Å²) >= 11 is 3.51. The van der Waals surface area contributed by atoms with Gasteiger partial charge in [0, 0.05) is 17.1 Å². The van der Waals surface area contributed by atoms with Gasteiger partial charge < -0.3 is 9.15 Å². The summed E-state index contributed by atoms with van der Waals surface area (Å²) in [5, 5.41) is 8.15. The van der Waals surface area contributed by atoms with Gasteiger partial charge in [0.2, 0.25) is 11.8 Å². The molecule has 1 aromatic carbocycles. The number of aryl methyl sites for hydroxylation is 1. The van der Waals surface area contributed by atoms with Crippen LogP contribution in [-0.4, -0.2) is 15.2 Å². The van der Waals surface area contributed by atoms with Gasteiger partial charge in [-0.05, 0) is 52.7 Å². The standard InChI is InChI=1S/C16H14BrN3O2/c1-2-4-15-19-20-16(22-15)13-9-11(6-7-14(13)17)21-12-5-3-8-18-10-12/h3,5-10H,2,4H2,1H3. The van der Waals surface area contributed by atoms with Gasteiger partial charge in [0.25, 0.3) is 0 Å². The van der Waals surface area contributed by atoms with Crippen LogP contribution < -0.4 is 4.74 Å². The van der Waals surface area contributed by atoms with Crippen LogP contribution in [0.15, 0.2) is 51.6 Å². The Morgan fingerprint density at radius 1 is 1.18 bits per heavy atom. The van der Waals surface area contributed by atoms with Gasteiger partial charge in [-0.15, -0.1) is 10.2 Å². The zero-order valence-corrected chi connectivity index (χ0v) is 13.6. The van der Waals surface area contributed by atoms with Gasteiger partial charge in [-0.3, -0.25) is 4.98 Å². The molecular weight excluding hydrogens is 346 g/mol. The summed E-state index contributed by atoms with van der Waals surface area (Å²) in [5.41, 5.74) is 0.802. The number of rotatable bonds is 5. The van der Waals surface area contributed by atoms with Crippen molar-refractivity contribution in [1.82, 2.24) is 15.2 Å². The number of nitrogens with zero attached hydrogens (tertiary/aromatic N) is 3. The Morgan fingerprint density at radius 3 is 2.86 bits per heavy atom. The number of benzene rings is 1. The molecule has 0 N–H and O–H groups in total. The van der Waals surface area contributed by atoms with Gasteiger partial charge >= 0.3 is 0 Å². The fraction of sp³-hybridized carbons (Fsp3) is 0.188. The fourth-order valence-corrected chi connectivity index (χ4v) is 2.37. The first-order valence-corrected chi connectivity index (χ1v) is 7.75. The molecule has 0 spiro atoms. The molecule has 0 radical (unpaired) electrons. The van der Waals surface area contributed by atoms with Crippen LogP contribution in [0.2, 0.25) is 0 Å². The lowest BCUT2D eigenvalue weighted by atomic mass is 10.2. The van der Waals surface area contributed by atoms with Crippen LogP contribution in [0.4, 0.5) is 0 Å². The van der Waals surface area contributed by atoms with E-state index in [0.717, 1.165) is 22.9 Å². The van der Waals surface area contributed by atoms with Crippen molar-refractivity contribution in [3.05, 3.63) is 53.1 Å². The summed E-state index contributed by atoms with van der Waals surface area (Å²) in [6, 6.07) is 9.29. The number of aromatic nitrogens is 3. The maximum absolute atomic E-state index is 5.78. The van der Waals surface area contributed by atoms with Crippen molar-refractivity contribution in [2.24, 2.45) is 0 Å². The normalized spacial score (nSPS) is 10.6. The maximum atomic E-state index is 5.78. The summed E-state index contributed by atoms with van der Waals surface area (Å²) in [6.45, 7) is 2.07. The molecule has 0 atom stereocenters. The Morgan fingerprint density at radius 2 is 2.09 bits per heavy atom. The van der Waals surface area contributed by atoms with E-state index in [4.69, 9.17) is 9.15 Å². The molecule has 22 heavy (non-hydrogen) atoms. The van der Waals surface area contributed by atoms with E-state index in [2.05, 4.69) is 38.0 Å². The lowest BCUT2D eigenvalue weighted by molar-refractivity contribution is 0.478. The van der Waals surface area contributed by atoms with Crippen LogP contribution >= 0.6 is 15.9 Å². The van der Waals surface area contributed by atoms with Gasteiger partial charge in [0.15, 0.2) is 0 Å². The Kier molecular flexibility index (Phi) is 4.48. The third kappa shape index (κ3) is 3.33. The number of halogens is 1. The van der Waals surface area contributed by atoms with Crippen molar-refractivity contribution in [2.75, 3.05) is 0 Å². The molecule has 3 aromatic rings. The number of pyridine rings is 1. The van der Waals surface area contributed by atoms with Gasteiger partial charge in [-0.1, -0.05) is 6.92 Å². The molecule has 0 saturated heterocycles. The van der Waals surface area contributed by atoms with E-state index in [1.165, 1.54) is 0 Å². The molecule has 6 heteroatoms. The van der Waals surface area contributed by atoms with Crippen molar-refractivity contribution >= 4 is 15.9 Å². The zero-order valence-electron chi connectivity index (χ0n) is 12.0. The molecule has 0 saturated carbocycles. The van der Waals surface area contributed by atoms with E-state index in [0.29, 0.717) is 23.3 Å². The maximum Gasteiger partial charge on any atom is 0.249 e. The summed E-state index contributed by atoms with van der Waals surface area (Å²) < 4.78 is 12.3. The van der Waals surface area contributed by atoms with Crippen molar-refractivity contribution in [2.45, 2.75) is 19.8 Å². The summed E-state index contributed by atoms with van der Waals surface area (Å²) in [4.78, 5) is 4.03. The largest absolute Gasteiger partial charge is 0.456 e. The van der Waals surface area contributed by atoms with Crippen LogP contribution in [0.5, 0.6) is 11.5 Å². The van der Waals surface area contributed by atoms with Crippen LogP contribution in [0.3, 0.4) is 0 Å². The molecule has 3 rings (SSSR count). The predicted molar refractivity (Wildman–Crippen MR) is 85.7 cm³/mol. The van der Waals surface area contributed by atoms with E-state index < -0.39 is 0 Å². The van der Waals surface area contributed by atoms with E-state index in [1.807, 2.05) is 30.3 Å². The van der Waals surface area contributed by atoms with E-state index >= 15 is 0 Å². The van der Waals surface area contributed by atoms with E-state index in [1.54, 1.807) is 12.4 Å². The summed E-state index contributed by atoms with van der Waals surface area (Å²) in [7, 11) is 0. The smallest absolute Gasteiger partial charge is 0.249 e. The second-order valence-electron chi connectivity index (χ2n) is 4.68. The van der Waals surface area contributed by atoms with Gasteiger partial charge in [0.1, 0.15) is 11.5 Å². The minimum absolute atomic E-state index is 0.479. The Labute approximate surface area is 136 Å². The monoisotopic (exact) mass is 359 g/mol. The van der Waals surface area contributed by atoms with Gasteiger partial charge in [-0.25, -0.2) is 0 Å². The second kappa shape index (κ2) is 6.70. The second-order valence-corrected chi connectivity index (χ2v) is 5.54. The molecule has 5 nitrogen and oxygen atoms in total. The van der Waals surface area contributed by atoms with Gasteiger partial charge in [-0.2, -0.15) is 0 Å². The number of hydrogen-bond acceptors (Lipinski definition) is 5. The van der Waals surface area contributed by atoms with Crippen LogP contribution in [0, 0.1) is 0 Å².